The van der Waals surface area contributed by atoms with Crippen molar-refractivity contribution in [1.82, 2.24) is 5.32 Å². The molecule has 4 heteroatoms. The summed E-state index contributed by atoms with van der Waals surface area (Å²) in [5, 5.41) is 3.04. The van der Waals surface area contributed by atoms with Crippen LogP contribution in [0.15, 0.2) is 28.7 Å². The predicted octanol–water partition coefficient (Wildman–Crippen LogP) is 3.25. The standard InChI is InChI=1S/C13H18BrNOS/c1-9(15-13(16)10(2)17-3)8-11-4-6-12(14)7-5-11/h4-7,9-10H,8H2,1-3H3,(H,15,16)/t9-,10-/m0/s1. The molecule has 1 amide bonds. The van der Waals surface area contributed by atoms with Crippen molar-refractivity contribution < 1.29 is 4.79 Å². The summed E-state index contributed by atoms with van der Waals surface area (Å²) in [6.45, 7) is 3.96. The van der Waals surface area contributed by atoms with Crippen molar-refractivity contribution in [2.45, 2.75) is 31.6 Å². The number of rotatable bonds is 5. The Balaban J connectivity index is 2.47. The summed E-state index contributed by atoms with van der Waals surface area (Å²) in [7, 11) is 0. The molecule has 1 rings (SSSR count). The monoisotopic (exact) mass is 315 g/mol. The van der Waals surface area contributed by atoms with Crippen molar-refractivity contribution in [2.75, 3.05) is 6.26 Å². The molecule has 0 saturated heterocycles. The fourth-order valence-corrected chi connectivity index (χ4v) is 2.04. The topological polar surface area (TPSA) is 29.1 Å². The quantitative estimate of drug-likeness (QED) is 0.903. The van der Waals surface area contributed by atoms with Gasteiger partial charge in [-0.2, -0.15) is 11.8 Å². The lowest BCUT2D eigenvalue weighted by Crippen LogP contribution is -2.38. The van der Waals surface area contributed by atoms with E-state index in [2.05, 4.69) is 33.4 Å². The fraction of sp³-hybridized carbons (Fsp3) is 0.462. The first-order chi connectivity index (χ1) is 8.02. The second-order valence-corrected chi connectivity index (χ2v) is 6.21. The Bertz CT molecular complexity index is 366. The Morgan fingerprint density at radius 2 is 1.94 bits per heavy atom. The van der Waals surface area contributed by atoms with Gasteiger partial charge >= 0.3 is 0 Å². The molecule has 0 aliphatic rings. The Kier molecular flexibility index (Phi) is 6.06. The van der Waals surface area contributed by atoms with Crippen LogP contribution in [0.5, 0.6) is 0 Å². The van der Waals surface area contributed by atoms with Crippen LogP contribution < -0.4 is 5.32 Å². The van der Waals surface area contributed by atoms with E-state index in [1.165, 1.54) is 5.56 Å². The maximum atomic E-state index is 11.7. The minimum Gasteiger partial charge on any atom is -0.352 e. The minimum absolute atomic E-state index is 0.0161. The van der Waals surface area contributed by atoms with E-state index in [0.717, 1.165) is 10.9 Å². The molecule has 0 aliphatic carbocycles. The van der Waals surface area contributed by atoms with Gasteiger partial charge < -0.3 is 5.32 Å². The summed E-state index contributed by atoms with van der Waals surface area (Å²) in [4.78, 5) is 11.7. The zero-order chi connectivity index (χ0) is 12.8. The van der Waals surface area contributed by atoms with Crippen LogP contribution in [0.25, 0.3) is 0 Å². The summed E-state index contributed by atoms with van der Waals surface area (Å²) < 4.78 is 1.08. The first kappa shape index (κ1) is 14.6. The Hall–Kier alpha value is -0.480. The molecule has 0 saturated carbocycles. The van der Waals surface area contributed by atoms with Gasteiger partial charge in [-0.3, -0.25) is 4.79 Å². The number of amides is 1. The molecule has 0 aromatic heterocycles. The van der Waals surface area contributed by atoms with Crippen LogP contribution in [-0.2, 0) is 11.2 Å². The van der Waals surface area contributed by atoms with Gasteiger partial charge in [0.1, 0.15) is 0 Å². The highest BCUT2D eigenvalue weighted by Crippen LogP contribution is 2.12. The van der Waals surface area contributed by atoms with E-state index in [-0.39, 0.29) is 17.2 Å². The van der Waals surface area contributed by atoms with Gasteiger partial charge in [-0.25, -0.2) is 0 Å². The van der Waals surface area contributed by atoms with Crippen LogP contribution >= 0.6 is 27.7 Å². The lowest BCUT2D eigenvalue weighted by molar-refractivity contribution is -0.120. The lowest BCUT2D eigenvalue weighted by atomic mass is 10.1. The van der Waals surface area contributed by atoms with E-state index < -0.39 is 0 Å². The van der Waals surface area contributed by atoms with Gasteiger partial charge in [0.25, 0.3) is 0 Å². The van der Waals surface area contributed by atoms with Gasteiger partial charge in [-0.05, 0) is 44.2 Å². The molecule has 0 bridgehead atoms. The number of hydrogen-bond acceptors (Lipinski definition) is 2. The molecule has 2 nitrogen and oxygen atoms in total. The Labute approximate surface area is 116 Å². The van der Waals surface area contributed by atoms with E-state index in [1.807, 2.05) is 32.2 Å². The van der Waals surface area contributed by atoms with E-state index in [9.17, 15) is 4.79 Å². The highest BCUT2D eigenvalue weighted by molar-refractivity contribution is 9.10. The van der Waals surface area contributed by atoms with Gasteiger partial charge in [-0.15, -0.1) is 0 Å². The molecule has 0 unspecified atom stereocenters. The summed E-state index contributed by atoms with van der Waals surface area (Å²) >= 11 is 4.97. The van der Waals surface area contributed by atoms with Crippen LogP contribution in [0.1, 0.15) is 19.4 Å². The third-order valence-electron chi connectivity index (χ3n) is 2.57. The molecule has 0 aliphatic heterocycles. The summed E-state index contributed by atoms with van der Waals surface area (Å²) in [6.07, 6.45) is 2.81. The van der Waals surface area contributed by atoms with Gasteiger partial charge in [0.15, 0.2) is 0 Å². The molecule has 1 N–H and O–H groups in total. The van der Waals surface area contributed by atoms with Crippen molar-refractivity contribution >= 4 is 33.6 Å². The number of benzene rings is 1. The summed E-state index contributed by atoms with van der Waals surface area (Å²) in [6, 6.07) is 8.36. The SMILES string of the molecule is CS[C@@H](C)C(=O)N[C@@H](C)Cc1ccc(Br)cc1. The maximum Gasteiger partial charge on any atom is 0.233 e. The molecule has 1 aromatic rings. The predicted molar refractivity (Wildman–Crippen MR) is 78.4 cm³/mol. The number of carbonyl (C=O) groups is 1. The molecular formula is C13H18BrNOS. The highest BCUT2D eigenvalue weighted by atomic mass is 79.9. The molecule has 0 heterocycles. The molecule has 0 radical (unpaired) electrons. The highest BCUT2D eigenvalue weighted by Gasteiger charge is 2.13. The van der Waals surface area contributed by atoms with Crippen molar-refractivity contribution in [3.8, 4) is 0 Å². The Morgan fingerprint density at radius 1 is 1.35 bits per heavy atom. The van der Waals surface area contributed by atoms with Gasteiger partial charge in [0.05, 0.1) is 5.25 Å². The van der Waals surface area contributed by atoms with Crippen LogP contribution in [0.3, 0.4) is 0 Å². The zero-order valence-electron chi connectivity index (χ0n) is 10.4. The molecule has 0 fully saturated rings. The van der Waals surface area contributed by atoms with Crippen LogP contribution in [0.4, 0.5) is 0 Å². The minimum atomic E-state index is 0.0161. The molecule has 2 atom stereocenters. The number of halogens is 1. The van der Waals surface area contributed by atoms with Gasteiger partial charge in [0.2, 0.25) is 5.91 Å². The summed E-state index contributed by atoms with van der Waals surface area (Å²) in [5.74, 6) is 0.113. The first-order valence-electron chi connectivity index (χ1n) is 5.60. The molecule has 17 heavy (non-hydrogen) atoms. The third kappa shape index (κ3) is 5.13. The number of hydrogen-bond donors (Lipinski definition) is 1. The average molecular weight is 316 g/mol. The van der Waals surface area contributed by atoms with Gasteiger partial charge in [-0.1, -0.05) is 28.1 Å². The third-order valence-corrected chi connectivity index (χ3v) is 4.02. The van der Waals surface area contributed by atoms with E-state index >= 15 is 0 Å². The second-order valence-electron chi connectivity index (χ2n) is 4.12. The lowest BCUT2D eigenvalue weighted by Gasteiger charge is -2.16. The van der Waals surface area contributed by atoms with Crippen molar-refractivity contribution in [3.05, 3.63) is 34.3 Å². The van der Waals surface area contributed by atoms with E-state index in [0.29, 0.717) is 0 Å². The first-order valence-corrected chi connectivity index (χ1v) is 7.68. The smallest absolute Gasteiger partial charge is 0.233 e. The second kappa shape index (κ2) is 7.07. The molecule has 94 valence electrons. The van der Waals surface area contributed by atoms with Crippen LogP contribution in [-0.4, -0.2) is 23.5 Å². The van der Waals surface area contributed by atoms with E-state index in [4.69, 9.17) is 0 Å². The Morgan fingerprint density at radius 3 is 2.47 bits per heavy atom. The number of nitrogens with one attached hydrogen (secondary N) is 1. The van der Waals surface area contributed by atoms with Crippen LogP contribution in [0, 0.1) is 0 Å². The van der Waals surface area contributed by atoms with Crippen LogP contribution in [0.2, 0.25) is 0 Å². The zero-order valence-corrected chi connectivity index (χ0v) is 12.8. The normalized spacial score (nSPS) is 14.1. The van der Waals surface area contributed by atoms with Gasteiger partial charge in [0, 0.05) is 10.5 Å². The van der Waals surface area contributed by atoms with Crippen molar-refractivity contribution in [3.63, 3.8) is 0 Å². The maximum absolute atomic E-state index is 11.7. The molecule has 1 aromatic carbocycles. The fourth-order valence-electron chi connectivity index (χ4n) is 1.49. The van der Waals surface area contributed by atoms with E-state index in [1.54, 1.807) is 11.8 Å². The van der Waals surface area contributed by atoms with Crippen molar-refractivity contribution in [1.29, 1.82) is 0 Å². The largest absolute Gasteiger partial charge is 0.352 e. The summed E-state index contributed by atoms with van der Waals surface area (Å²) in [5.41, 5.74) is 1.23. The number of thioether (sulfide) groups is 1. The molecule has 0 spiro atoms. The molecular weight excluding hydrogens is 298 g/mol. The van der Waals surface area contributed by atoms with Crippen molar-refractivity contribution in [2.24, 2.45) is 0 Å². The number of carbonyl (C=O) groups excluding carboxylic acids is 1. The average Bonchev–Trinajstić information content (AvgIpc) is 2.30.